The molecule has 0 saturated heterocycles. The molecule has 0 aliphatic rings. The molecule has 0 saturated carbocycles. The molecule has 2 aromatic heterocycles. The van der Waals surface area contributed by atoms with E-state index in [0.29, 0.717) is 30.8 Å². The molecular weight excluding hydrogens is 387 g/mol. The number of nitrogens with zero attached hydrogens (tertiary/aromatic N) is 1. The van der Waals surface area contributed by atoms with Gasteiger partial charge in [-0.25, -0.2) is 4.39 Å². The molecule has 0 aliphatic carbocycles. The van der Waals surface area contributed by atoms with Crippen molar-refractivity contribution >= 4 is 27.5 Å². The zero-order chi connectivity index (χ0) is 20.2. The van der Waals surface area contributed by atoms with Gasteiger partial charge in [0.1, 0.15) is 17.3 Å². The van der Waals surface area contributed by atoms with E-state index < -0.39 is 0 Å². The van der Waals surface area contributed by atoms with E-state index in [0.717, 1.165) is 21.5 Å². The fourth-order valence-electron chi connectivity index (χ4n) is 3.44. The van der Waals surface area contributed by atoms with E-state index in [9.17, 15) is 9.18 Å². The highest BCUT2D eigenvalue weighted by molar-refractivity contribution is 7.17. The van der Waals surface area contributed by atoms with Crippen LogP contribution >= 0.6 is 11.3 Å². The second-order valence-corrected chi connectivity index (χ2v) is 7.64. The smallest absolute Gasteiger partial charge is 0.267 e. The first kappa shape index (κ1) is 19.2. The van der Waals surface area contributed by atoms with Crippen LogP contribution in [0.2, 0.25) is 0 Å². The molecule has 2 heterocycles. The van der Waals surface area contributed by atoms with Gasteiger partial charge in [-0.3, -0.25) is 4.79 Å². The number of hydrogen-bond acceptors (Lipinski definition) is 3. The van der Waals surface area contributed by atoms with Crippen molar-refractivity contribution in [3.63, 3.8) is 0 Å². The Labute approximate surface area is 172 Å². The van der Waals surface area contributed by atoms with Crippen LogP contribution in [0.1, 0.15) is 21.6 Å². The number of thiophene rings is 1. The van der Waals surface area contributed by atoms with E-state index in [4.69, 9.17) is 4.74 Å². The molecule has 0 unspecified atom stereocenters. The van der Waals surface area contributed by atoms with Gasteiger partial charge >= 0.3 is 0 Å². The van der Waals surface area contributed by atoms with Crippen LogP contribution in [-0.4, -0.2) is 24.1 Å². The number of benzene rings is 2. The second kappa shape index (κ2) is 8.49. The number of nitrogens with one attached hydrogen (secondary N) is 1. The Kier molecular flexibility index (Phi) is 5.62. The fourth-order valence-corrected chi connectivity index (χ4v) is 4.27. The zero-order valence-electron chi connectivity index (χ0n) is 16.0. The summed E-state index contributed by atoms with van der Waals surface area (Å²) in [5, 5.41) is 4.96. The highest BCUT2D eigenvalue weighted by Gasteiger charge is 2.17. The molecule has 4 aromatic rings. The molecule has 0 bridgehead atoms. The van der Waals surface area contributed by atoms with E-state index in [1.807, 2.05) is 46.3 Å². The normalized spacial score (nSPS) is 11.0. The standard InChI is InChI=1S/C23H21FN2O2S/c1-28-21-9-5-3-6-16(21)10-12-25-23(27)20-14-22-19(11-13-29-22)26(20)15-17-7-2-4-8-18(17)24/h2-9,11,13-14H,10,12,15H2,1H3,(H,25,27). The average Bonchev–Trinajstić information content (AvgIpc) is 3.32. The van der Waals surface area contributed by atoms with Gasteiger partial charge in [0.15, 0.2) is 0 Å². The van der Waals surface area contributed by atoms with Gasteiger partial charge in [0, 0.05) is 12.1 Å². The summed E-state index contributed by atoms with van der Waals surface area (Å²) in [5.74, 6) is 0.372. The number of halogens is 1. The molecular formula is C23H21FN2O2S. The van der Waals surface area contributed by atoms with Gasteiger partial charge in [-0.15, -0.1) is 11.3 Å². The Morgan fingerprint density at radius 1 is 1.10 bits per heavy atom. The van der Waals surface area contributed by atoms with Gasteiger partial charge < -0.3 is 14.6 Å². The van der Waals surface area contributed by atoms with Crippen molar-refractivity contribution in [3.05, 3.63) is 88.7 Å². The van der Waals surface area contributed by atoms with Crippen LogP contribution in [0.4, 0.5) is 4.39 Å². The van der Waals surface area contributed by atoms with E-state index >= 15 is 0 Å². The Morgan fingerprint density at radius 3 is 2.66 bits per heavy atom. The first-order valence-corrected chi connectivity index (χ1v) is 10.3. The molecule has 0 aliphatic heterocycles. The van der Waals surface area contributed by atoms with Crippen LogP contribution in [0.15, 0.2) is 66.0 Å². The van der Waals surface area contributed by atoms with Crippen molar-refractivity contribution in [1.29, 1.82) is 0 Å². The summed E-state index contributed by atoms with van der Waals surface area (Å²) in [6.45, 7) is 0.792. The Morgan fingerprint density at radius 2 is 1.86 bits per heavy atom. The summed E-state index contributed by atoms with van der Waals surface area (Å²) in [6.07, 6.45) is 0.665. The number of methoxy groups -OCH3 is 1. The number of carbonyl (C=O) groups is 1. The summed E-state index contributed by atoms with van der Waals surface area (Å²) in [6, 6.07) is 18.3. The van der Waals surface area contributed by atoms with Crippen molar-refractivity contribution in [2.45, 2.75) is 13.0 Å². The zero-order valence-corrected chi connectivity index (χ0v) is 16.8. The first-order valence-electron chi connectivity index (χ1n) is 9.37. The molecule has 0 atom stereocenters. The number of fused-ring (bicyclic) bond motifs is 1. The summed E-state index contributed by atoms with van der Waals surface area (Å²) >= 11 is 1.57. The number of hydrogen-bond donors (Lipinski definition) is 1. The van der Waals surface area contributed by atoms with Gasteiger partial charge in [-0.2, -0.15) is 0 Å². The maximum atomic E-state index is 14.2. The first-order chi connectivity index (χ1) is 14.2. The topological polar surface area (TPSA) is 43.3 Å². The minimum atomic E-state index is -0.271. The maximum absolute atomic E-state index is 14.2. The molecule has 148 valence electrons. The van der Waals surface area contributed by atoms with Crippen LogP contribution in [-0.2, 0) is 13.0 Å². The predicted molar refractivity (Wildman–Crippen MR) is 114 cm³/mol. The van der Waals surface area contributed by atoms with Crippen molar-refractivity contribution < 1.29 is 13.9 Å². The van der Waals surface area contributed by atoms with E-state index in [1.54, 1.807) is 36.6 Å². The van der Waals surface area contributed by atoms with Gasteiger partial charge in [-0.05, 0) is 41.6 Å². The van der Waals surface area contributed by atoms with Crippen molar-refractivity contribution in [2.75, 3.05) is 13.7 Å². The van der Waals surface area contributed by atoms with Crippen LogP contribution in [0.25, 0.3) is 10.2 Å². The van der Waals surface area contributed by atoms with Crippen molar-refractivity contribution in [3.8, 4) is 5.75 Å². The molecule has 6 heteroatoms. The number of amides is 1. The number of carbonyl (C=O) groups excluding carboxylic acids is 1. The Hall–Kier alpha value is -3.12. The van der Waals surface area contributed by atoms with Crippen molar-refractivity contribution in [1.82, 2.24) is 9.88 Å². The van der Waals surface area contributed by atoms with E-state index in [-0.39, 0.29) is 11.7 Å². The highest BCUT2D eigenvalue weighted by Crippen LogP contribution is 2.27. The van der Waals surface area contributed by atoms with Crippen LogP contribution in [0.3, 0.4) is 0 Å². The number of rotatable bonds is 7. The molecule has 1 N–H and O–H groups in total. The molecule has 0 fully saturated rings. The Balaban J connectivity index is 1.53. The maximum Gasteiger partial charge on any atom is 0.267 e. The summed E-state index contributed by atoms with van der Waals surface area (Å²) < 4.78 is 22.4. The number of para-hydroxylation sites is 1. The third-order valence-electron chi connectivity index (χ3n) is 4.91. The average molecular weight is 408 g/mol. The molecule has 2 aromatic carbocycles. The lowest BCUT2D eigenvalue weighted by molar-refractivity contribution is 0.0945. The molecule has 0 spiro atoms. The van der Waals surface area contributed by atoms with Gasteiger partial charge in [-0.1, -0.05) is 36.4 Å². The highest BCUT2D eigenvalue weighted by atomic mass is 32.1. The Bertz CT molecular complexity index is 1150. The number of aromatic nitrogens is 1. The van der Waals surface area contributed by atoms with Crippen LogP contribution in [0.5, 0.6) is 5.75 Å². The third kappa shape index (κ3) is 4.03. The lowest BCUT2D eigenvalue weighted by Gasteiger charge is -2.12. The predicted octanol–water partition coefficient (Wildman–Crippen LogP) is 4.87. The molecule has 4 rings (SSSR count). The van der Waals surface area contributed by atoms with Gasteiger partial charge in [0.25, 0.3) is 5.91 Å². The lowest BCUT2D eigenvalue weighted by Crippen LogP contribution is -2.28. The molecule has 1 amide bonds. The minimum absolute atomic E-state index is 0.167. The van der Waals surface area contributed by atoms with Crippen LogP contribution in [0, 0.1) is 5.82 Å². The van der Waals surface area contributed by atoms with E-state index in [1.165, 1.54) is 6.07 Å². The SMILES string of the molecule is COc1ccccc1CCNC(=O)c1cc2sccc2n1Cc1ccccc1F. The minimum Gasteiger partial charge on any atom is -0.496 e. The molecule has 4 nitrogen and oxygen atoms in total. The van der Waals surface area contributed by atoms with Gasteiger partial charge in [0.05, 0.1) is 23.9 Å². The summed E-state index contributed by atoms with van der Waals surface area (Å²) in [4.78, 5) is 12.9. The van der Waals surface area contributed by atoms with Crippen molar-refractivity contribution in [2.24, 2.45) is 0 Å². The summed E-state index contributed by atoms with van der Waals surface area (Å²) in [5.41, 5.74) is 3.07. The van der Waals surface area contributed by atoms with Gasteiger partial charge in [0.2, 0.25) is 0 Å². The largest absolute Gasteiger partial charge is 0.496 e. The monoisotopic (exact) mass is 408 g/mol. The molecule has 0 radical (unpaired) electrons. The van der Waals surface area contributed by atoms with E-state index in [2.05, 4.69) is 5.32 Å². The molecule has 29 heavy (non-hydrogen) atoms. The second-order valence-electron chi connectivity index (χ2n) is 6.69. The van der Waals surface area contributed by atoms with Crippen LogP contribution < -0.4 is 10.1 Å². The number of ether oxygens (including phenoxy) is 1. The summed E-state index contributed by atoms with van der Waals surface area (Å²) in [7, 11) is 1.64. The quantitative estimate of drug-likeness (QED) is 0.474. The fraction of sp³-hybridized carbons (Fsp3) is 0.174. The third-order valence-corrected chi connectivity index (χ3v) is 5.77. The lowest BCUT2D eigenvalue weighted by atomic mass is 10.1.